The second-order valence-electron chi connectivity index (χ2n) is 6.22. The maximum Gasteiger partial charge on any atom is 0.266 e. The first kappa shape index (κ1) is 17.4. The van der Waals surface area contributed by atoms with Gasteiger partial charge in [-0.15, -0.1) is 11.3 Å². The van der Waals surface area contributed by atoms with Crippen molar-refractivity contribution in [2.45, 2.75) is 19.3 Å². The van der Waals surface area contributed by atoms with E-state index in [4.69, 9.17) is 9.98 Å². The van der Waals surface area contributed by atoms with Gasteiger partial charge in [0.15, 0.2) is 0 Å². The van der Waals surface area contributed by atoms with Crippen molar-refractivity contribution in [1.82, 2.24) is 5.32 Å². The summed E-state index contributed by atoms with van der Waals surface area (Å²) in [7, 11) is 0. The molecule has 1 N–H and O–H groups in total. The van der Waals surface area contributed by atoms with Crippen LogP contribution in [0.2, 0.25) is 0 Å². The van der Waals surface area contributed by atoms with Gasteiger partial charge >= 0.3 is 0 Å². The van der Waals surface area contributed by atoms with E-state index in [2.05, 4.69) is 24.4 Å². The van der Waals surface area contributed by atoms with Gasteiger partial charge in [-0.05, 0) is 35.6 Å². The predicted molar refractivity (Wildman–Crippen MR) is 112 cm³/mol. The number of aliphatic imine (C=N–C) groups is 2. The zero-order valence-corrected chi connectivity index (χ0v) is 15.7. The number of carbonyl (C=O) groups is 1. The van der Waals surface area contributed by atoms with E-state index in [1.807, 2.05) is 60.0 Å². The molecule has 0 unspecified atom stereocenters. The van der Waals surface area contributed by atoms with E-state index in [0.29, 0.717) is 10.7 Å². The van der Waals surface area contributed by atoms with Crippen molar-refractivity contribution in [3.05, 3.63) is 82.6 Å². The summed E-state index contributed by atoms with van der Waals surface area (Å²) in [5, 5.41) is 4.95. The third kappa shape index (κ3) is 3.59. The van der Waals surface area contributed by atoms with Crippen molar-refractivity contribution >= 4 is 40.2 Å². The van der Waals surface area contributed by atoms with Gasteiger partial charge in [-0.25, -0.2) is 4.99 Å². The number of amidine groups is 1. The van der Waals surface area contributed by atoms with Crippen LogP contribution in [0.25, 0.3) is 0 Å². The quantitative estimate of drug-likeness (QED) is 0.648. The number of thiophene rings is 1. The fraction of sp³-hybridized carbons (Fsp3) is 0.136. The highest BCUT2D eigenvalue weighted by atomic mass is 32.1. The maximum atomic E-state index is 12.7. The van der Waals surface area contributed by atoms with Crippen molar-refractivity contribution in [1.29, 1.82) is 0 Å². The number of fused-ring (bicyclic) bond motifs is 1. The molecule has 0 radical (unpaired) electrons. The molecule has 2 aromatic carbocycles. The molecule has 27 heavy (non-hydrogen) atoms. The standard InChI is InChI=1S/C22H19N3OS/c1-2-16-20(15-9-4-3-5-10-15)21(25-22(26)19-13-8-14-27-19)24-18-12-7-6-11-17(18)23-16/h3-14,20H,2H2,1H3,(H,24,25,26)/t20-/m0/s1. The van der Waals surface area contributed by atoms with Crippen LogP contribution in [0, 0.1) is 0 Å². The van der Waals surface area contributed by atoms with Crippen LogP contribution in [0.15, 0.2) is 82.1 Å². The Hall–Kier alpha value is -3.05. The average molecular weight is 373 g/mol. The Morgan fingerprint density at radius 2 is 1.67 bits per heavy atom. The molecule has 1 aliphatic rings. The fourth-order valence-corrected chi connectivity index (χ4v) is 3.81. The first-order chi connectivity index (χ1) is 13.3. The Kier molecular flexibility index (Phi) is 4.94. The molecule has 5 heteroatoms. The van der Waals surface area contributed by atoms with Gasteiger partial charge in [0, 0.05) is 5.71 Å². The van der Waals surface area contributed by atoms with Crippen LogP contribution < -0.4 is 5.32 Å². The summed E-state index contributed by atoms with van der Waals surface area (Å²) < 4.78 is 0. The van der Waals surface area contributed by atoms with E-state index >= 15 is 0 Å². The summed E-state index contributed by atoms with van der Waals surface area (Å²) in [4.78, 5) is 23.1. The lowest BCUT2D eigenvalue weighted by molar-refractivity contribution is 0.0980. The third-order valence-corrected chi connectivity index (χ3v) is 5.34. The molecule has 0 spiro atoms. The number of benzene rings is 2. The van der Waals surface area contributed by atoms with Crippen molar-refractivity contribution < 1.29 is 4.79 Å². The van der Waals surface area contributed by atoms with E-state index < -0.39 is 0 Å². The first-order valence-corrected chi connectivity index (χ1v) is 9.79. The van der Waals surface area contributed by atoms with Gasteiger partial charge in [-0.3, -0.25) is 9.79 Å². The number of amides is 1. The highest BCUT2D eigenvalue weighted by Crippen LogP contribution is 2.35. The second-order valence-corrected chi connectivity index (χ2v) is 7.17. The van der Waals surface area contributed by atoms with Crippen molar-refractivity contribution in [2.75, 3.05) is 0 Å². The molecule has 0 saturated carbocycles. The molecule has 0 fully saturated rings. The number of nitrogens with one attached hydrogen (secondary N) is 1. The molecule has 2 heterocycles. The van der Waals surface area contributed by atoms with Gasteiger partial charge in [0.2, 0.25) is 0 Å². The molecular formula is C22H19N3OS. The molecule has 4 rings (SSSR count). The molecule has 1 amide bonds. The van der Waals surface area contributed by atoms with E-state index in [1.54, 1.807) is 0 Å². The van der Waals surface area contributed by atoms with Gasteiger partial charge < -0.3 is 5.32 Å². The van der Waals surface area contributed by atoms with Crippen LogP contribution in [0.1, 0.15) is 34.5 Å². The Labute approximate surface area is 162 Å². The summed E-state index contributed by atoms with van der Waals surface area (Å²) >= 11 is 1.42. The zero-order valence-electron chi connectivity index (χ0n) is 14.9. The third-order valence-electron chi connectivity index (χ3n) is 4.48. The fourth-order valence-electron chi connectivity index (χ4n) is 3.19. The van der Waals surface area contributed by atoms with E-state index in [-0.39, 0.29) is 11.8 Å². The SMILES string of the molecule is CCC1=Nc2ccccc2N=C(NC(=O)c2cccs2)[C@H]1c1ccccc1. The number of rotatable bonds is 3. The minimum Gasteiger partial charge on any atom is -0.309 e. The zero-order chi connectivity index (χ0) is 18.6. The molecule has 134 valence electrons. The van der Waals surface area contributed by atoms with Gasteiger partial charge in [0.05, 0.1) is 22.2 Å². The molecule has 1 atom stereocenters. The second kappa shape index (κ2) is 7.68. The van der Waals surface area contributed by atoms with E-state index in [9.17, 15) is 4.79 Å². The van der Waals surface area contributed by atoms with Crippen molar-refractivity contribution in [3.63, 3.8) is 0 Å². The van der Waals surface area contributed by atoms with Crippen LogP contribution in [0.5, 0.6) is 0 Å². The lowest BCUT2D eigenvalue weighted by Gasteiger charge is -2.20. The largest absolute Gasteiger partial charge is 0.309 e. The molecule has 0 saturated heterocycles. The lowest BCUT2D eigenvalue weighted by atomic mass is 9.91. The van der Waals surface area contributed by atoms with Gasteiger partial charge in [0.1, 0.15) is 5.84 Å². The summed E-state index contributed by atoms with van der Waals surface area (Å²) in [5.74, 6) is 0.289. The Morgan fingerprint density at radius 3 is 2.33 bits per heavy atom. The molecule has 1 aromatic heterocycles. The average Bonchev–Trinajstić information content (AvgIpc) is 3.19. The number of hydrogen-bond acceptors (Lipinski definition) is 4. The predicted octanol–water partition coefficient (Wildman–Crippen LogP) is 5.49. The summed E-state index contributed by atoms with van der Waals surface area (Å²) in [5.41, 5.74) is 3.64. The Morgan fingerprint density at radius 1 is 0.963 bits per heavy atom. The molecule has 0 aliphatic carbocycles. The molecular weight excluding hydrogens is 354 g/mol. The van der Waals surface area contributed by atoms with Gasteiger partial charge in [-0.2, -0.15) is 0 Å². The normalized spacial score (nSPS) is 16.0. The van der Waals surface area contributed by atoms with Crippen LogP contribution in [-0.2, 0) is 0 Å². The van der Waals surface area contributed by atoms with Crippen LogP contribution >= 0.6 is 11.3 Å². The molecule has 3 aromatic rings. The minimum atomic E-state index is -0.187. The lowest BCUT2D eigenvalue weighted by Crippen LogP contribution is -2.37. The Balaban J connectivity index is 1.83. The first-order valence-electron chi connectivity index (χ1n) is 8.91. The highest BCUT2D eigenvalue weighted by molar-refractivity contribution is 7.12. The van der Waals surface area contributed by atoms with Crippen LogP contribution in [-0.4, -0.2) is 17.5 Å². The number of carbonyl (C=O) groups excluding carboxylic acids is 1. The van der Waals surface area contributed by atoms with E-state index in [0.717, 1.165) is 29.1 Å². The van der Waals surface area contributed by atoms with E-state index in [1.165, 1.54) is 11.3 Å². The smallest absolute Gasteiger partial charge is 0.266 e. The van der Waals surface area contributed by atoms with Crippen LogP contribution in [0.4, 0.5) is 11.4 Å². The summed E-state index contributed by atoms with van der Waals surface area (Å²) in [6.07, 6.45) is 0.766. The summed E-state index contributed by atoms with van der Waals surface area (Å²) in [6, 6.07) is 21.6. The molecule has 0 bridgehead atoms. The number of para-hydroxylation sites is 2. The number of nitrogens with zero attached hydrogens (tertiary/aromatic N) is 2. The van der Waals surface area contributed by atoms with Gasteiger partial charge in [0.25, 0.3) is 5.91 Å². The van der Waals surface area contributed by atoms with Crippen molar-refractivity contribution in [3.8, 4) is 0 Å². The highest BCUT2D eigenvalue weighted by Gasteiger charge is 2.28. The topological polar surface area (TPSA) is 53.8 Å². The number of hydrogen-bond donors (Lipinski definition) is 1. The van der Waals surface area contributed by atoms with Crippen LogP contribution in [0.3, 0.4) is 0 Å². The van der Waals surface area contributed by atoms with Gasteiger partial charge in [-0.1, -0.05) is 55.5 Å². The summed E-state index contributed by atoms with van der Waals surface area (Å²) in [6.45, 7) is 2.08. The molecule has 1 aliphatic heterocycles. The maximum absolute atomic E-state index is 12.7. The molecule has 4 nitrogen and oxygen atoms in total. The van der Waals surface area contributed by atoms with Crippen molar-refractivity contribution in [2.24, 2.45) is 9.98 Å². The Bertz CT molecular complexity index is 1010. The monoisotopic (exact) mass is 373 g/mol. The minimum absolute atomic E-state index is 0.139.